The van der Waals surface area contributed by atoms with Crippen molar-refractivity contribution in [2.75, 3.05) is 13.2 Å². The maximum atomic E-state index is 5.99. The Labute approximate surface area is 107 Å². The Morgan fingerprint density at radius 2 is 2.06 bits per heavy atom. The molecule has 0 amide bonds. The van der Waals surface area contributed by atoms with Gasteiger partial charge in [-0.2, -0.15) is 0 Å². The van der Waals surface area contributed by atoms with Crippen molar-refractivity contribution in [3.63, 3.8) is 0 Å². The molecule has 2 nitrogen and oxygen atoms in total. The molecule has 1 aliphatic rings. The summed E-state index contributed by atoms with van der Waals surface area (Å²) in [4.78, 5) is 0. The van der Waals surface area contributed by atoms with Gasteiger partial charge in [-0.1, -0.05) is 19.1 Å². The molecule has 0 radical (unpaired) electrons. The molecule has 0 N–H and O–H groups in total. The quantitative estimate of drug-likeness (QED) is 0.763. The molecule has 0 saturated carbocycles. The minimum Gasteiger partial charge on any atom is -0.494 e. The van der Waals surface area contributed by atoms with Crippen molar-refractivity contribution in [3.05, 3.63) is 29.8 Å². The Morgan fingerprint density at radius 3 is 2.65 bits per heavy atom. The largest absolute Gasteiger partial charge is 0.494 e. The van der Waals surface area contributed by atoms with Gasteiger partial charge in [-0.05, 0) is 43.4 Å². The fourth-order valence-corrected chi connectivity index (χ4v) is 3.18. The molecule has 94 valence electrons. The van der Waals surface area contributed by atoms with Crippen molar-refractivity contribution in [1.29, 1.82) is 0 Å². The zero-order valence-electron chi connectivity index (χ0n) is 10.9. The van der Waals surface area contributed by atoms with Gasteiger partial charge in [0.1, 0.15) is 5.75 Å². The molecule has 2 rings (SSSR count). The van der Waals surface area contributed by atoms with Gasteiger partial charge in [-0.25, -0.2) is 0 Å². The highest BCUT2D eigenvalue weighted by Crippen LogP contribution is 2.32. The molecule has 0 aromatic heterocycles. The summed E-state index contributed by atoms with van der Waals surface area (Å²) in [6, 6.07) is 8.48. The van der Waals surface area contributed by atoms with Gasteiger partial charge in [0, 0.05) is 16.8 Å². The Morgan fingerprint density at radius 1 is 1.29 bits per heavy atom. The van der Waals surface area contributed by atoms with Crippen LogP contribution in [0.3, 0.4) is 0 Å². The van der Waals surface area contributed by atoms with Crippen LogP contribution < -0.4 is 4.74 Å². The zero-order valence-corrected chi connectivity index (χ0v) is 12.9. The van der Waals surface area contributed by atoms with Crippen LogP contribution in [-0.2, 0) is 9.96 Å². The first-order chi connectivity index (χ1) is 8.24. The first-order valence-corrected chi connectivity index (χ1v) is 7.62. The van der Waals surface area contributed by atoms with Crippen molar-refractivity contribution in [1.82, 2.24) is 0 Å². The lowest BCUT2D eigenvalue weighted by molar-refractivity contribution is -0.0210. The van der Waals surface area contributed by atoms with Gasteiger partial charge >= 0.3 is 0 Å². The van der Waals surface area contributed by atoms with Gasteiger partial charge < -0.3 is 9.47 Å². The Bertz CT molecular complexity index is 342. The zero-order chi connectivity index (χ0) is 12.1. The molecule has 0 bridgehead atoms. The first kappa shape index (κ1) is 12.6. The molecule has 1 atom stereocenters. The number of rotatable bonds is 4. The Balaban J connectivity index is 2.06. The van der Waals surface area contributed by atoms with E-state index in [1.807, 2.05) is 0 Å². The third kappa shape index (κ3) is 3.10. The van der Waals surface area contributed by atoms with Gasteiger partial charge in [-0.15, -0.1) is 0 Å². The van der Waals surface area contributed by atoms with E-state index in [0.717, 1.165) is 35.6 Å². The van der Waals surface area contributed by atoms with Crippen molar-refractivity contribution >= 4 is 10.2 Å². The fourth-order valence-electron chi connectivity index (χ4n) is 2.29. The molecule has 1 unspecified atom stereocenters. The highest BCUT2D eigenvalue weighted by molar-refractivity contribution is 6.14. The lowest BCUT2D eigenvalue weighted by atomic mass is 10.0. The molecule has 17 heavy (non-hydrogen) atoms. The topological polar surface area (TPSA) is 18.5 Å². The predicted octanol–water partition coefficient (Wildman–Crippen LogP) is 2.19. The molecule has 1 saturated heterocycles. The number of hydrogen-bond donors (Lipinski definition) is 0. The van der Waals surface area contributed by atoms with Crippen LogP contribution in [0.4, 0.5) is 0 Å². The molecular weight excluding hydrogens is 228 g/mol. The van der Waals surface area contributed by atoms with Crippen LogP contribution in [0, 0.1) is 0 Å². The Kier molecular flexibility index (Phi) is 4.24. The van der Waals surface area contributed by atoms with E-state index >= 15 is 0 Å². The number of ether oxygens (including phenoxy) is 2. The lowest BCUT2D eigenvalue weighted by Gasteiger charge is -2.34. The molecule has 1 aromatic rings. The van der Waals surface area contributed by atoms with Crippen molar-refractivity contribution < 1.29 is 9.47 Å². The van der Waals surface area contributed by atoms with Crippen LogP contribution in [0.2, 0.25) is 0 Å². The average molecular weight is 250 g/mol. The molecule has 0 aliphatic carbocycles. The minimum atomic E-state index is 0.0432. The monoisotopic (exact) mass is 250 g/mol. The van der Waals surface area contributed by atoms with Crippen LogP contribution in [0.5, 0.6) is 5.75 Å². The molecule has 0 spiro atoms. The van der Waals surface area contributed by atoms with Gasteiger partial charge in [0.2, 0.25) is 0 Å². The maximum absolute atomic E-state index is 5.99. The van der Waals surface area contributed by atoms with E-state index in [0.29, 0.717) is 0 Å². The summed E-state index contributed by atoms with van der Waals surface area (Å²) in [6.45, 7) is 3.83. The van der Waals surface area contributed by atoms with Crippen LogP contribution >= 0.6 is 0 Å². The maximum Gasteiger partial charge on any atom is 0.119 e. The smallest absolute Gasteiger partial charge is 0.119 e. The summed E-state index contributed by atoms with van der Waals surface area (Å²) in [6.07, 6.45) is 4.73. The Hall–Kier alpha value is -0.803. The summed E-state index contributed by atoms with van der Waals surface area (Å²) >= 11 is 0. The second-order valence-corrected chi connectivity index (χ2v) is 6.52. The van der Waals surface area contributed by atoms with Gasteiger partial charge in [0.25, 0.3) is 0 Å². The standard InChI is InChI=1S/C14H22O2Si/c1-2-10-15-13-7-5-12(6-8-13)14(17)9-3-4-11-16-14/h5-8H,2-4,9-11H2,1,17H3. The third-order valence-electron chi connectivity index (χ3n) is 3.41. The van der Waals surface area contributed by atoms with E-state index in [9.17, 15) is 0 Å². The molecule has 1 aliphatic heterocycles. The second-order valence-electron chi connectivity index (χ2n) is 4.91. The molecule has 3 heteroatoms. The van der Waals surface area contributed by atoms with Crippen LogP contribution in [0.25, 0.3) is 0 Å². The van der Waals surface area contributed by atoms with E-state index in [4.69, 9.17) is 9.47 Å². The van der Waals surface area contributed by atoms with Gasteiger partial charge in [0.05, 0.1) is 11.8 Å². The second kappa shape index (κ2) is 5.69. The summed E-state index contributed by atoms with van der Waals surface area (Å²) < 4.78 is 11.6. The van der Waals surface area contributed by atoms with E-state index < -0.39 is 0 Å². The average Bonchev–Trinajstić information content (AvgIpc) is 2.38. The number of hydrogen-bond acceptors (Lipinski definition) is 2. The lowest BCUT2D eigenvalue weighted by Crippen LogP contribution is -2.33. The fraction of sp³-hybridized carbons (Fsp3) is 0.571. The highest BCUT2D eigenvalue weighted by Gasteiger charge is 2.29. The predicted molar refractivity (Wildman–Crippen MR) is 73.6 cm³/mol. The van der Waals surface area contributed by atoms with E-state index in [-0.39, 0.29) is 5.22 Å². The summed E-state index contributed by atoms with van der Waals surface area (Å²) in [5.41, 5.74) is 1.33. The van der Waals surface area contributed by atoms with Crippen LogP contribution in [0.15, 0.2) is 24.3 Å². The van der Waals surface area contributed by atoms with Gasteiger partial charge in [0.15, 0.2) is 0 Å². The highest BCUT2D eigenvalue weighted by atomic mass is 28.1. The minimum absolute atomic E-state index is 0.0432. The van der Waals surface area contributed by atoms with Crippen molar-refractivity contribution in [2.45, 2.75) is 37.8 Å². The molecule has 1 aromatic carbocycles. The third-order valence-corrected chi connectivity index (χ3v) is 4.77. The molecule has 1 heterocycles. The van der Waals surface area contributed by atoms with E-state index in [1.165, 1.54) is 24.8 Å². The summed E-state index contributed by atoms with van der Waals surface area (Å²) in [7, 11) is 1.06. The van der Waals surface area contributed by atoms with Crippen molar-refractivity contribution in [2.24, 2.45) is 0 Å². The first-order valence-electron chi connectivity index (χ1n) is 6.62. The normalized spacial score (nSPS) is 24.8. The summed E-state index contributed by atoms with van der Waals surface area (Å²) in [5.74, 6) is 0.969. The number of benzene rings is 1. The van der Waals surface area contributed by atoms with E-state index in [1.54, 1.807) is 0 Å². The summed E-state index contributed by atoms with van der Waals surface area (Å²) in [5, 5.41) is 0.0432. The van der Waals surface area contributed by atoms with E-state index in [2.05, 4.69) is 31.2 Å². The van der Waals surface area contributed by atoms with Gasteiger partial charge in [-0.3, -0.25) is 0 Å². The SMILES string of the molecule is CCCOc1ccc(C2([SiH3])CCCCO2)cc1. The van der Waals surface area contributed by atoms with Crippen LogP contribution in [-0.4, -0.2) is 23.5 Å². The van der Waals surface area contributed by atoms with Crippen molar-refractivity contribution in [3.8, 4) is 5.75 Å². The molecular formula is C14H22O2Si. The molecule has 1 fully saturated rings. The van der Waals surface area contributed by atoms with Crippen LogP contribution in [0.1, 0.15) is 38.2 Å².